The van der Waals surface area contributed by atoms with Gasteiger partial charge in [0, 0.05) is 57.9 Å². The molecule has 0 atom stereocenters. The van der Waals surface area contributed by atoms with Gasteiger partial charge < -0.3 is 9.08 Å². The maximum atomic E-state index is 13.9. The van der Waals surface area contributed by atoms with Crippen molar-refractivity contribution in [1.29, 1.82) is 0 Å². The van der Waals surface area contributed by atoms with Crippen molar-refractivity contribution in [2.45, 2.75) is 78.0 Å². The molecule has 1 aliphatic heterocycles. The lowest BCUT2D eigenvalue weighted by molar-refractivity contribution is -0.119. The minimum Gasteiger partial charge on any atom is -0.379 e. The van der Waals surface area contributed by atoms with E-state index in [2.05, 4.69) is 55.4 Å². The van der Waals surface area contributed by atoms with E-state index in [9.17, 15) is 18.0 Å². The molecule has 2 aromatic rings. The summed E-state index contributed by atoms with van der Waals surface area (Å²) in [6, 6.07) is 11.6. The number of Topliss-reactive ketones (excluding diaryl/α,β-unsaturated/α-hetero) is 2. The fourth-order valence-corrected chi connectivity index (χ4v) is 7.77. The van der Waals surface area contributed by atoms with Crippen molar-refractivity contribution in [3.05, 3.63) is 80.6 Å². The van der Waals surface area contributed by atoms with Gasteiger partial charge in [0.25, 0.3) is 0 Å². The highest BCUT2D eigenvalue weighted by Gasteiger charge is 2.49. The number of benzene rings is 2. The first-order valence-corrected chi connectivity index (χ1v) is 15.9. The van der Waals surface area contributed by atoms with Gasteiger partial charge >= 0.3 is 10.1 Å². The molecule has 2 aliphatic carbocycles. The number of hydrogen-bond donors (Lipinski definition) is 0. The zero-order valence-electron chi connectivity index (χ0n) is 23.9. The van der Waals surface area contributed by atoms with Gasteiger partial charge in [-0.25, -0.2) is 0 Å². The van der Waals surface area contributed by atoms with Gasteiger partial charge in [0.15, 0.2) is 11.6 Å². The van der Waals surface area contributed by atoms with E-state index in [0.717, 1.165) is 17.0 Å². The Balaban J connectivity index is 1.75. The Labute approximate surface area is 245 Å². The largest absolute Gasteiger partial charge is 0.379 e. The minimum absolute atomic E-state index is 0.00815. The molecule has 6 nitrogen and oxygen atoms in total. The molecule has 0 amide bonds. The SMILES string of the molecule is CCN1C2=C(C(=O)CC(C)(C)C2)C(c2cc(Br)ccc2OS(=O)(=O)c2ccc(C)cc2)C2=C1CC(C)(C)CC2=O. The summed E-state index contributed by atoms with van der Waals surface area (Å²) in [6.45, 7) is 13.0. The first kappa shape index (κ1) is 28.8. The van der Waals surface area contributed by atoms with Crippen LogP contribution in [0.2, 0.25) is 0 Å². The average molecular weight is 627 g/mol. The molecule has 0 N–H and O–H groups in total. The standard InChI is InChI=1S/C32H36BrNO5S/c1-7-34-23-15-31(3,4)17-25(35)29(23)28(30-24(34)16-32(5,6)18-26(30)36)22-14-20(33)10-13-27(22)39-40(37,38)21-11-8-19(2)9-12-21/h8-14,28H,7,15-18H2,1-6H3. The van der Waals surface area contributed by atoms with Gasteiger partial charge in [0.2, 0.25) is 0 Å². The van der Waals surface area contributed by atoms with Crippen LogP contribution in [0.25, 0.3) is 0 Å². The zero-order chi connectivity index (χ0) is 29.2. The lowest BCUT2D eigenvalue weighted by Crippen LogP contribution is -2.44. The van der Waals surface area contributed by atoms with E-state index in [1.807, 2.05) is 6.92 Å². The average Bonchev–Trinajstić information content (AvgIpc) is 2.82. The number of carbonyl (C=O) groups excluding carboxylic acids is 2. The number of ketones is 2. The van der Waals surface area contributed by atoms with Crippen LogP contribution in [0.5, 0.6) is 5.75 Å². The van der Waals surface area contributed by atoms with Crippen molar-refractivity contribution in [2.75, 3.05) is 6.54 Å². The van der Waals surface area contributed by atoms with E-state index in [1.165, 1.54) is 12.1 Å². The molecule has 0 fully saturated rings. The highest BCUT2D eigenvalue weighted by molar-refractivity contribution is 9.10. The summed E-state index contributed by atoms with van der Waals surface area (Å²) >= 11 is 3.55. The maximum Gasteiger partial charge on any atom is 0.339 e. The van der Waals surface area contributed by atoms with Crippen LogP contribution < -0.4 is 4.18 Å². The number of aryl methyl sites for hydroxylation is 1. The van der Waals surface area contributed by atoms with Gasteiger partial charge in [-0.2, -0.15) is 8.42 Å². The second-order valence-electron chi connectivity index (χ2n) is 12.8. The van der Waals surface area contributed by atoms with Crippen LogP contribution in [0, 0.1) is 17.8 Å². The second kappa shape index (κ2) is 9.98. The Kier molecular flexibility index (Phi) is 7.19. The van der Waals surface area contributed by atoms with Gasteiger partial charge in [-0.15, -0.1) is 0 Å². The second-order valence-corrected chi connectivity index (χ2v) is 15.3. The summed E-state index contributed by atoms with van der Waals surface area (Å²) in [6.07, 6.45) is 2.09. The normalized spacial score (nSPS) is 20.9. The molecule has 0 saturated heterocycles. The van der Waals surface area contributed by atoms with Crippen LogP contribution >= 0.6 is 15.9 Å². The van der Waals surface area contributed by atoms with Gasteiger partial charge in [0.05, 0.1) is 0 Å². The van der Waals surface area contributed by atoms with Gasteiger partial charge in [-0.1, -0.05) is 61.3 Å². The minimum atomic E-state index is -4.17. The first-order chi connectivity index (χ1) is 18.6. The molecule has 0 bridgehead atoms. The van der Waals surface area contributed by atoms with Gasteiger partial charge in [0.1, 0.15) is 10.6 Å². The Morgan fingerprint density at radius 2 is 1.40 bits per heavy atom. The van der Waals surface area contributed by atoms with E-state index in [1.54, 1.807) is 30.3 Å². The molecule has 212 valence electrons. The summed E-state index contributed by atoms with van der Waals surface area (Å²) in [5.74, 6) is -0.606. The zero-order valence-corrected chi connectivity index (χ0v) is 26.3. The van der Waals surface area contributed by atoms with E-state index in [-0.39, 0.29) is 33.0 Å². The third-order valence-electron chi connectivity index (χ3n) is 8.13. The molecule has 0 spiro atoms. The topological polar surface area (TPSA) is 80.8 Å². The highest BCUT2D eigenvalue weighted by atomic mass is 79.9. The van der Waals surface area contributed by atoms with E-state index in [4.69, 9.17) is 4.18 Å². The molecule has 5 rings (SSSR count). The maximum absolute atomic E-state index is 13.9. The molecule has 0 aromatic heterocycles. The highest BCUT2D eigenvalue weighted by Crippen LogP contribution is 2.55. The molecule has 40 heavy (non-hydrogen) atoms. The molecule has 8 heteroatoms. The molecule has 0 saturated carbocycles. The number of halogens is 1. The molecule has 0 radical (unpaired) electrons. The monoisotopic (exact) mass is 625 g/mol. The Bertz CT molecular complexity index is 1530. The van der Waals surface area contributed by atoms with E-state index in [0.29, 0.717) is 53.4 Å². The number of allylic oxidation sites excluding steroid dienone is 4. The first-order valence-electron chi connectivity index (χ1n) is 13.7. The third kappa shape index (κ3) is 5.20. The smallest absolute Gasteiger partial charge is 0.339 e. The number of nitrogens with zero attached hydrogens (tertiary/aromatic N) is 1. The summed E-state index contributed by atoms with van der Waals surface area (Å²) in [4.78, 5) is 30.1. The van der Waals surface area contributed by atoms with Crippen LogP contribution in [-0.4, -0.2) is 31.4 Å². The van der Waals surface area contributed by atoms with Crippen molar-refractivity contribution in [1.82, 2.24) is 4.90 Å². The molecule has 3 aliphatic rings. The molecular formula is C32H36BrNO5S. The van der Waals surface area contributed by atoms with Crippen LogP contribution in [0.4, 0.5) is 0 Å². The quantitative estimate of drug-likeness (QED) is 0.326. The molecular weight excluding hydrogens is 590 g/mol. The van der Waals surface area contributed by atoms with Crippen LogP contribution in [0.3, 0.4) is 0 Å². The predicted octanol–water partition coefficient (Wildman–Crippen LogP) is 7.23. The Morgan fingerprint density at radius 3 is 1.90 bits per heavy atom. The summed E-state index contributed by atoms with van der Waals surface area (Å²) in [5, 5.41) is 0. The summed E-state index contributed by atoms with van der Waals surface area (Å²) in [5.41, 5.74) is 4.02. The third-order valence-corrected chi connectivity index (χ3v) is 9.87. The van der Waals surface area contributed by atoms with Crippen molar-refractivity contribution in [2.24, 2.45) is 10.8 Å². The van der Waals surface area contributed by atoms with Crippen molar-refractivity contribution < 1.29 is 22.2 Å². The van der Waals surface area contributed by atoms with Gasteiger partial charge in [-0.05, 0) is 67.9 Å². The lowest BCUT2D eigenvalue weighted by atomic mass is 9.63. The number of rotatable bonds is 5. The van der Waals surface area contributed by atoms with Crippen molar-refractivity contribution in [3.8, 4) is 5.75 Å². The molecule has 2 aromatic carbocycles. The van der Waals surface area contributed by atoms with E-state index < -0.39 is 16.0 Å². The van der Waals surface area contributed by atoms with Crippen LogP contribution in [-0.2, 0) is 19.7 Å². The Hall–Kier alpha value is -2.71. The van der Waals surface area contributed by atoms with E-state index >= 15 is 0 Å². The number of carbonyl (C=O) groups is 2. The van der Waals surface area contributed by atoms with Crippen LogP contribution in [0.1, 0.15) is 77.3 Å². The van der Waals surface area contributed by atoms with Crippen molar-refractivity contribution >= 4 is 37.6 Å². The summed E-state index contributed by atoms with van der Waals surface area (Å²) < 4.78 is 33.3. The predicted molar refractivity (Wildman–Crippen MR) is 158 cm³/mol. The fraction of sp³-hybridized carbons (Fsp3) is 0.438. The fourth-order valence-electron chi connectivity index (χ4n) is 6.43. The lowest BCUT2D eigenvalue weighted by Gasteiger charge is -2.49. The van der Waals surface area contributed by atoms with Gasteiger partial charge in [-0.3, -0.25) is 9.59 Å². The molecule has 0 unspecified atom stereocenters. The van der Waals surface area contributed by atoms with Crippen LogP contribution in [0.15, 0.2) is 74.4 Å². The summed E-state index contributed by atoms with van der Waals surface area (Å²) in [7, 11) is -4.17. The Morgan fingerprint density at radius 1 is 0.875 bits per heavy atom. The number of hydrogen-bond acceptors (Lipinski definition) is 6. The molecule has 1 heterocycles. The van der Waals surface area contributed by atoms with Crippen molar-refractivity contribution in [3.63, 3.8) is 0 Å².